The highest BCUT2D eigenvalue weighted by Gasteiger charge is 2.41. The molecule has 2 saturated heterocycles. The molecule has 0 bridgehead atoms. The van der Waals surface area contributed by atoms with Gasteiger partial charge in [0.2, 0.25) is 5.91 Å². The number of para-hydroxylation sites is 1. The third kappa shape index (κ3) is 4.21. The van der Waals surface area contributed by atoms with E-state index in [0.717, 1.165) is 64.3 Å². The van der Waals surface area contributed by atoms with Crippen LogP contribution in [0.2, 0.25) is 0 Å². The molecule has 1 atom stereocenters. The van der Waals surface area contributed by atoms with E-state index in [-0.39, 0.29) is 11.4 Å². The minimum atomic E-state index is 0.125. The van der Waals surface area contributed by atoms with Crippen LogP contribution in [0.1, 0.15) is 31.7 Å². The maximum Gasteiger partial charge on any atom is 0.222 e. The van der Waals surface area contributed by atoms with Crippen LogP contribution in [0.3, 0.4) is 0 Å². The van der Waals surface area contributed by atoms with Gasteiger partial charge in [0.05, 0.1) is 0 Å². The van der Waals surface area contributed by atoms with Gasteiger partial charge in [-0.3, -0.25) is 14.6 Å². The second kappa shape index (κ2) is 8.40. The van der Waals surface area contributed by atoms with Crippen molar-refractivity contribution in [3.8, 4) is 5.75 Å². The number of hydrogen-bond acceptors (Lipinski definition) is 4. The first-order valence-electron chi connectivity index (χ1n) is 9.92. The van der Waals surface area contributed by atoms with Gasteiger partial charge < -0.3 is 9.64 Å². The molecular weight excluding hydrogens is 326 g/mol. The fourth-order valence-corrected chi connectivity index (χ4v) is 4.25. The molecule has 0 N–H and O–H groups in total. The highest BCUT2D eigenvalue weighted by Crippen LogP contribution is 2.31. The summed E-state index contributed by atoms with van der Waals surface area (Å²) in [5, 5.41) is 0. The van der Waals surface area contributed by atoms with Gasteiger partial charge in [0.15, 0.2) is 0 Å². The molecule has 26 heavy (non-hydrogen) atoms. The molecule has 0 saturated carbocycles. The Morgan fingerprint density at radius 3 is 2.73 bits per heavy atom. The predicted octanol–water partition coefficient (Wildman–Crippen LogP) is 2.26. The zero-order valence-electron chi connectivity index (χ0n) is 16.5. The van der Waals surface area contributed by atoms with Crippen molar-refractivity contribution in [1.82, 2.24) is 14.7 Å². The lowest BCUT2D eigenvalue weighted by Crippen LogP contribution is -2.61. The number of hydrogen-bond donors (Lipinski definition) is 0. The molecule has 2 aliphatic rings. The van der Waals surface area contributed by atoms with Crippen LogP contribution >= 0.6 is 0 Å². The van der Waals surface area contributed by atoms with Crippen molar-refractivity contribution in [3.63, 3.8) is 0 Å². The summed E-state index contributed by atoms with van der Waals surface area (Å²) < 4.78 is 6.07. The van der Waals surface area contributed by atoms with Crippen molar-refractivity contribution in [2.75, 3.05) is 53.4 Å². The summed E-state index contributed by atoms with van der Waals surface area (Å²) in [5.41, 5.74) is 1.40. The monoisotopic (exact) mass is 359 g/mol. The van der Waals surface area contributed by atoms with Gasteiger partial charge in [0.1, 0.15) is 12.4 Å². The zero-order valence-corrected chi connectivity index (χ0v) is 16.5. The topological polar surface area (TPSA) is 36.0 Å². The number of carbonyl (C=O) groups excluding carboxylic acids is 1. The van der Waals surface area contributed by atoms with E-state index in [0.29, 0.717) is 6.42 Å². The molecule has 1 aromatic rings. The lowest BCUT2D eigenvalue weighted by molar-refractivity contribution is -0.129. The number of amides is 1. The highest BCUT2D eigenvalue weighted by atomic mass is 16.5. The van der Waals surface area contributed by atoms with Crippen LogP contribution in [0.15, 0.2) is 24.3 Å². The van der Waals surface area contributed by atoms with E-state index in [9.17, 15) is 4.79 Å². The van der Waals surface area contributed by atoms with Crippen molar-refractivity contribution in [3.05, 3.63) is 29.8 Å². The van der Waals surface area contributed by atoms with Crippen LogP contribution in [-0.2, 0) is 11.2 Å². The number of piperazine rings is 1. The molecule has 2 aliphatic heterocycles. The third-order valence-electron chi connectivity index (χ3n) is 6.24. The lowest BCUT2D eigenvalue weighted by atomic mass is 9.86. The van der Waals surface area contributed by atoms with Crippen molar-refractivity contribution in [2.24, 2.45) is 0 Å². The molecule has 2 heterocycles. The summed E-state index contributed by atoms with van der Waals surface area (Å²) >= 11 is 0. The van der Waals surface area contributed by atoms with E-state index in [4.69, 9.17) is 4.74 Å². The molecule has 1 aromatic carbocycles. The molecular formula is C21H33N3O2. The first-order valence-corrected chi connectivity index (χ1v) is 9.92. The predicted molar refractivity (Wildman–Crippen MR) is 105 cm³/mol. The normalized spacial score (nSPS) is 25.5. The Morgan fingerprint density at radius 2 is 1.92 bits per heavy atom. The van der Waals surface area contributed by atoms with Crippen LogP contribution in [0, 0.1) is 0 Å². The van der Waals surface area contributed by atoms with E-state index in [1.807, 2.05) is 18.0 Å². The van der Waals surface area contributed by atoms with Gasteiger partial charge in [-0.2, -0.15) is 0 Å². The second-order valence-electron chi connectivity index (χ2n) is 7.80. The number of likely N-dealkylation sites (tertiary alicyclic amines) is 1. The Morgan fingerprint density at radius 1 is 1.12 bits per heavy atom. The molecule has 0 radical (unpaired) electrons. The number of rotatable bonds is 5. The van der Waals surface area contributed by atoms with Crippen molar-refractivity contribution in [1.29, 1.82) is 0 Å². The molecule has 3 rings (SSSR count). The average Bonchev–Trinajstić information content (AvgIpc) is 2.80. The standard InChI is InChI=1S/C21H33N3O2/c1-4-18-7-5-6-8-19(18)26-16-15-24-14-13-23(3)21(17-24)10-9-20(25)22(2)12-11-21/h5-8H,4,9-17H2,1-3H3. The van der Waals surface area contributed by atoms with Crippen LogP contribution in [0.5, 0.6) is 5.75 Å². The molecule has 1 spiro atoms. The van der Waals surface area contributed by atoms with Crippen LogP contribution < -0.4 is 4.74 Å². The molecule has 144 valence electrons. The smallest absolute Gasteiger partial charge is 0.222 e. The number of nitrogens with zero attached hydrogens (tertiary/aromatic N) is 3. The summed E-state index contributed by atoms with van der Waals surface area (Å²) in [5.74, 6) is 1.30. The third-order valence-corrected chi connectivity index (χ3v) is 6.24. The fraction of sp³-hybridized carbons (Fsp3) is 0.667. The van der Waals surface area contributed by atoms with Gasteiger partial charge in [-0.15, -0.1) is 0 Å². The Kier molecular flexibility index (Phi) is 6.20. The first kappa shape index (κ1) is 19.2. The van der Waals surface area contributed by atoms with E-state index >= 15 is 0 Å². The summed E-state index contributed by atoms with van der Waals surface area (Å²) in [6.45, 7) is 7.84. The quantitative estimate of drug-likeness (QED) is 0.808. The summed E-state index contributed by atoms with van der Waals surface area (Å²) in [4.78, 5) is 19.0. The van der Waals surface area contributed by atoms with Gasteiger partial charge in [-0.1, -0.05) is 25.1 Å². The van der Waals surface area contributed by atoms with Crippen molar-refractivity contribution in [2.45, 2.75) is 38.1 Å². The molecule has 5 heteroatoms. The SMILES string of the molecule is CCc1ccccc1OCCN1CCN(C)C2(CCC(=O)N(C)CC2)C1. The molecule has 2 fully saturated rings. The number of likely N-dealkylation sites (N-methyl/N-ethyl adjacent to an activating group) is 1. The lowest BCUT2D eigenvalue weighted by Gasteiger charge is -2.49. The minimum absolute atomic E-state index is 0.125. The molecule has 5 nitrogen and oxygen atoms in total. The summed E-state index contributed by atoms with van der Waals surface area (Å²) in [7, 11) is 4.15. The van der Waals surface area contributed by atoms with Gasteiger partial charge in [0, 0.05) is 51.7 Å². The number of aryl methyl sites for hydroxylation is 1. The molecule has 0 aliphatic carbocycles. The fourth-order valence-electron chi connectivity index (χ4n) is 4.25. The maximum absolute atomic E-state index is 12.1. The second-order valence-corrected chi connectivity index (χ2v) is 7.80. The molecule has 0 aromatic heterocycles. The van der Waals surface area contributed by atoms with E-state index < -0.39 is 0 Å². The summed E-state index contributed by atoms with van der Waals surface area (Å²) in [6, 6.07) is 8.31. The van der Waals surface area contributed by atoms with Gasteiger partial charge in [-0.05, 0) is 37.9 Å². The van der Waals surface area contributed by atoms with Crippen LogP contribution in [-0.4, -0.2) is 79.6 Å². The largest absolute Gasteiger partial charge is 0.492 e. The molecule has 1 unspecified atom stereocenters. The van der Waals surface area contributed by atoms with Crippen LogP contribution in [0.25, 0.3) is 0 Å². The zero-order chi connectivity index (χ0) is 18.6. The first-order chi connectivity index (χ1) is 12.5. The average molecular weight is 360 g/mol. The van der Waals surface area contributed by atoms with Gasteiger partial charge in [-0.25, -0.2) is 0 Å². The minimum Gasteiger partial charge on any atom is -0.492 e. The number of carbonyl (C=O) groups is 1. The summed E-state index contributed by atoms with van der Waals surface area (Å²) in [6.07, 6.45) is 3.68. The van der Waals surface area contributed by atoms with Crippen molar-refractivity contribution >= 4 is 5.91 Å². The highest BCUT2D eigenvalue weighted by molar-refractivity contribution is 5.76. The maximum atomic E-state index is 12.1. The Labute approximate surface area is 157 Å². The number of ether oxygens (including phenoxy) is 1. The van der Waals surface area contributed by atoms with Gasteiger partial charge >= 0.3 is 0 Å². The Bertz CT molecular complexity index is 621. The number of benzene rings is 1. The van der Waals surface area contributed by atoms with Gasteiger partial charge in [0.25, 0.3) is 0 Å². The van der Waals surface area contributed by atoms with E-state index in [2.05, 4.69) is 42.0 Å². The molecule has 1 amide bonds. The van der Waals surface area contributed by atoms with Crippen molar-refractivity contribution < 1.29 is 9.53 Å². The van der Waals surface area contributed by atoms with E-state index in [1.54, 1.807) is 0 Å². The Balaban J connectivity index is 1.57. The van der Waals surface area contributed by atoms with E-state index in [1.165, 1.54) is 5.56 Å². The van der Waals surface area contributed by atoms with Crippen LogP contribution in [0.4, 0.5) is 0 Å². The Hall–Kier alpha value is -1.59.